The molecule has 112 valence electrons. The van der Waals surface area contributed by atoms with E-state index >= 15 is 0 Å². The Hall–Kier alpha value is -1.32. The van der Waals surface area contributed by atoms with Gasteiger partial charge in [-0.2, -0.15) is 0 Å². The van der Waals surface area contributed by atoms with Crippen LogP contribution in [0.1, 0.15) is 64.3 Å². The van der Waals surface area contributed by atoms with Crippen molar-refractivity contribution in [3.05, 3.63) is 11.4 Å². The molecule has 0 saturated heterocycles. The molecule has 1 saturated carbocycles. The lowest BCUT2D eigenvalue weighted by atomic mass is 10.0. The van der Waals surface area contributed by atoms with Crippen molar-refractivity contribution in [2.45, 2.75) is 65.8 Å². The van der Waals surface area contributed by atoms with Crippen molar-refractivity contribution < 1.29 is 0 Å². The number of nitrogens with one attached hydrogen (secondary N) is 2. The number of hydrogen-bond acceptors (Lipinski definition) is 4. The molecule has 0 aliphatic heterocycles. The zero-order chi connectivity index (χ0) is 14.7. The standard InChI is InChI=1S/C16H28N4/c1-6-10(3)12(5)18-15-11(4)14(17-7-2)19-16(20-15)13-8-9-13/h10,12-13H,6-9H2,1-5H3,(H2,17,18,19,20). The molecule has 0 amide bonds. The van der Waals surface area contributed by atoms with E-state index in [0.29, 0.717) is 17.9 Å². The number of aromatic nitrogens is 2. The second-order valence-electron chi connectivity index (χ2n) is 6.03. The minimum Gasteiger partial charge on any atom is -0.370 e. The third-order valence-corrected chi connectivity index (χ3v) is 4.31. The van der Waals surface area contributed by atoms with Gasteiger partial charge in [0.2, 0.25) is 0 Å². The molecule has 4 heteroatoms. The summed E-state index contributed by atoms with van der Waals surface area (Å²) in [6.07, 6.45) is 3.64. The summed E-state index contributed by atoms with van der Waals surface area (Å²) in [6.45, 7) is 11.8. The first-order valence-electron chi connectivity index (χ1n) is 7.95. The predicted octanol–water partition coefficient (Wildman–Crippen LogP) is 3.94. The van der Waals surface area contributed by atoms with Gasteiger partial charge in [-0.25, -0.2) is 9.97 Å². The Morgan fingerprint density at radius 1 is 1.15 bits per heavy atom. The maximum Gasteiger partial charge on any atom is 0.136 e. The number of rotatable bonds is 7. The summed E-state index contributed by atoms with van der Waals surface area (Å²) in [5.74, 6) is 4.21. The van der Waals surface area contributed by atoms with Gasteiger partial charge in [-0.3, -0.25) is 0 Å². The molecule has 1 heterocycles. The van der Waals surface area contributed by atoms with Crippen LogP contribution in [-0.2, 0) is 0 Å². The van der Waals surface area contributed by atoms with E-state index in [1.807, 2.05) is 0 Å². The topological polar surface area (TPSA) is 49.8 Å². The summed E-state index contributed by atoms with van der Waals surface area (Å²) in [5.41, 5.74) is 1.13. The van der Waals surface area contributed by atoms with E-state index in [9.17, 15) is 0 Å². The molecule has 0 bridgehead atoms. The molecule has 1 aliphatic rings. The van der Waals surface area contributed by atoms with Crippen molar-refractivity contribution in [2.24, 2.45) is 5.92 Å². The molecule has 2 unspecified atom stereocenters. The van der Waals surface area contributed by atoms with E-state index < -0.39 is 0 Å². The van der Waals surface area contributed by atoms with Crippen LogP contribution in [0.4, 0.5) is 11.6 Å². The van der Waals surface area contributed by atoms with Crippen LogP contribution >= 0.6 is 0 Å². The monoisotopic (exact) mass is 276 g/mol. The Morgan fingerprint density at radius 2 is 1.80 bits per heavy atom. The molecule has 20 heavy (non-hydrogen) atoms. The molecule has 0 aromatic carbocycles. The Labute approximate surface area is 122 Å². The molecular formula is C16H28N4. The molecule has 1 aromatic heterocycles. The van der Waals surface area contributed by atoms with Crippen molar-refractivity contribution >= 4 is 11.6 Å². The lowest BCUT2D eigenvalue weighted by Gasteiger charge is -2.22. The van der Waals surface area contributed by atoms with Gasteiger partial charge in [-0.15, -0.1) is 0 Å². The maximum absolute atomic E-state index is 4.77. The van der Waals surface area contributed by atoms with Crippen LogP contribution in [0.2, 0.25) is 0 Å². The zero-order valence-electron chi connectivity index (χ0n) is 13.5. The molecule has 0 spiro atoms. The van der Waals surface area contributed by atoms with Gasteiger partial charge in [0.05, 0.1) is 0 Å². The van der Waals surface area contributed by atoms with Crippen molar-refractivity contribution in [3.8, 4) is 0 Å². The zero-order valence-corrected chi connectivity index (χ0v) is 13.5. The molecule has 2 rings (SSSR count). The van der Waals surface area contributed by atoms with Gasteiger partial charge in [0.15, 0.2) is 0 Å². The molecule has 1 aliphatic carbocycles. The first kappa shape index (κ1) is 15.1. The SMILES string of the molecule is CCNc1nc(C2CC2)nc(NC(C)C(C)CC)c1C. The highest BCUT2D eigenvalue weighted by Crippen LogP contribution is 2.39. The quantitative estimate of drug-likeness (QED) is 0.792. The number of anilines is 2. The van der Waals surface area contributed by atoms with Gasteiger partial charge in [-0.05, 0) is 39.5 Å². The molecule has 2 N–H and O–H groups in total. The van der Waals surface area contributed by atoms with Crippen LogP contribution in [0.15, 0.2) is 0 Å². The van der Waals surface area contributed by atoms with E-state index in [0.717, 1.165) is 29.6 Å². The minimum atomic E-state index is 0.426. The lowest BCUT2D eigenvalue weighted by molar-refractivity contribution is 0.493. The molecule has 4 nitrogen and oxygen atoms in total. The van der Waals surface area contributed by atoms with Crippen LogP contribution in [0, 0.1) is 12.8 Å². The summed E-state index contributed by atoms with van der Waals surface area (Å²) in [6, 6.07) is 0.426. The third-order valence-electron chi connectivity index (χ3n) is 4.31. The van der Waals surface area contributed by atoms with Gasteiger partial charge in [-0.1, -0.05) is 20.3 Å². The van der Waals surface area contributed by atoms with E-state index in [-0.39, 0.29) is 0 Å². The van der Waals surface area contributed by atoms with Crippen LogP contribution in [0.25, 0.3) is 0 Å². The molecule has 1 fully saturated rings. The largest absolute Gasteiger partial charge is 0.370 e. The van der Waals surface area contributed by atoms with Gasteiger partial charge < -0.3 is 10.6 Å². The Morgan fingerprint density at radius 3 is 2.35 bits per heavy atom. The second-order valence-corrected chi connectivity index (χ2v) is 6.03. The fraction of sp³-hybridized carbons (Fsp3) is 0.750. The summed E-state index contributed by atoms with van der Waals surface area (Å²) < 4.78 is 0. The summed E-state index contributed by atoms with van der Waals surface area (Å²) in [4.78, 5) is 9.47. The highest BCUT2D eigenvalue weighted by molar-refractivity contribution is 5.58. The second kappa shape index (κ2) is 6.42. The van der Waals surface area contributed by atoms with Crippen molar-refractivity contribution in [1.29, 1.82) is 0 Å². The van der Waals surface area contributed by atoms with Crippen molar-refractivity contribution in [3.63, 3.8) is 0 Å². The Bertz CT molecular complexity index is 454. The summed E-state index contributed by atoms with van der Waals surface area (Å²) >= 11 is 0. The number of nitrogens with zero attached hydrogens (tertiary/aromatic N) is 2. The van der Waals surface area contributed by atoms with E-state index in [1.54, 1.807) is 0 Å². The van der Waals surface area contributed by atoms with Gasteiger partial charge in [0.25, 0.3) is 0 Å². The van der Waals surface area contributed by atoms with Gasteiger partial charge >= 0.3 is 0 Å². The maximum atomic E-state index is 4.77. The molecule has 2 atom stereocenters. The Kier molecular flexibility index (Phi) is 4.84. The van der Waals surface area contributed by atoms with Gasteiger partial charge in [0.1, 0.15) is 17.5 Å². The van der Waals surface area contributed by atoms with Crippen LogP contribution in [0.3, 0.4) is 0 Å². The molecule has 0 radical (unpaired) electrons. The van der Waals surface area contributed by atoms with Crippen LogP contribution < -0.4 is 10.6 Å². The van der Waals surface area contributed by atoms with Crippen molar-refractivity contribution in [2.75, 3.05) is 17.2 Å². The van der Waals surface area contributed by atoms with Crippen LogP contribution in [-0.4, -0.2) is 22.6 Å². The summed E-state index contributed by atoms with van der Waals surface area (Å²) in [5, 5.41) is 6.96. The van der Waals surface area contributed by atoms with E-state index in [4.69, 9.17) is 9.97 Å². The summed E-state index contributed by atoms with van der Waals surface area (Å²) in [7, 11) is 0. The smallest absolute Gasteiger partial charge is 0.136 e. The average Bonchev–Trinajstić information content (AvgIpc) is 3.26. The fourth-order valence-electron chi connectivity index (χ4n) is 2.25. The molecule has 1 aromatic rings. The van der Waals surface area contributed by atoms with Crippen LogP contribution in [0.5, 0.6) is 0 Å². The average molecular weight is 276 g/mol. The predicted molar refractivity (Wildman–Crippen MR) is 85.4 cm³/mol. The number of hydrogen-bond donors (Lipinski definition) is 2. The van der Waals surface area contributed by atoms with Crippen molar-refractivity contribution in [1.82, 2.24) is 9.97 Å². The Balaban J connectivity index is 2.25. The van der Waals surface area contributed by atoms with E-state index in [2.05, 4.69) is 45.3 Å². The highest BCUT2D eigenvalue weighted by atomic mass is 15.1. The fourth-order valence-corrected chi connectivity index (χ4v) is 2.25. The minimum absolute atomic E-state index is 0.426. The molecular weight excluding hydrogens is 248 g/mol. The highest BCUT2D eigenvalue weighted by Gasteiger charge is 2.28. The third kappa shape index (κ3) is 3.41. The first-order valence-corrected chi connectivity index (χ1v) is 7.95. The normalized spacial score (nSPS) is 17.6. The van der Waals surface area contributed by atoms with E-state index in [1.165, 1.54) is 19.3 Å². The lowest BCUT2D eigenvalue weighted by Crippen LogP contribution is -2.25. The van der Waals surface area contributed by atoms with Gasteiger partial charge in [0, 0.05) is 24.1 Å². The first-order chi connectivity index (χ1) is 9.56.